The largest absolute Gasteiger partial charge is 0.481 e. The molecule has 0 bridgehead atoms. The molecule has 2 fully saturated rings. The molecule has 1 aromatic rings. The predicted octanol–water partition coefficient (Wildman–Crippen LogP) is 0.340. The van der Waals surface area contributed by atoms with Crippen molar-refractivity contribution in [3.05, 3.63) is 17.0 Å². The lowest BCUT2D eigenvalue weighted by Gasteiger charge is -2.35. The van der Waals surface area contributed by atoms with E-state index in [0.29, 0.717) is 5.69 Å². The Balaban J connectivity index is 1.53. The smallest absolute Gasteiger partial charge is 0.308 e. The molecule has 2 amide bonds. The first-order valence-corrected chi connectivity index (χ1v) is 8.91. The Morgan fingerprint density at radius 2 is 1.92 bits per heavy atom. The Morgan fingerprint density at radius 1 is 1.16 bits per heavy atom. The third-order valence-corrected chi connectivity index (χ3v) is 5.39. The van der Waals surface area contributed by atoms with Crippen molar-refractivity contribution < 1.29 is 19.5 Å². The Hall–Kier alpha value is -2.38. The first-order chi connectivity index (χ1) is 12.0. The number of hydrogen-bond acceptors (Lipinski definition) is 4. The van der Waals surface area contributed by atoms with E-state index in [1.54, 1.807) is 0 Å². The number of aliphatic carboxylic acids is 1. The molecule has 25 heavy (non-hydrogen) atoms. The summed E-state index contributed by atoms with van der Waals surface area (Å²) in [4.78, 5) is 38.3. The number of aromatic nitrogens is 2. The van der Waals surface area contributed by atoms with Gasteiger partial charge in [0.1, 0.15) is 0 Å². The average molecular weight is 346 g/mol. The molecule has 134 valence electrons. The summed E-state index contributed by atoms with van der Waals surface area (Å²) in [6.45, 7) is 0.381. The topological polar surface area (TPSA) is 115 Å². The number of likely N-dealkylation sites (tertiary alicyclic amines) is 1. The maximum atomic E-state index is 12.9. The molecule has 2 atom stereocenters. The number of nitrogens with zero attached hydrogens (tertiary/aromatic N) is 2. The number of rotatable bonds is 4. The van der Waals surface area contributed by atoms with E-state index in [1.165, 1.54) is 4.90 Å². The zero-order chi connectivity index (χ0) is 17.6. The van der Waals surface area contributed by atoms with Gasteiger partial charge in [-0.25, -0.2) is 0 Å². The average Bonchev–Trinajstić information content (AvgIpc) is 3.13. The van der Waals surface area contributed by atoms with Crippen molar-refractivity contribution in [1.29, 1.82) is 0 Å². The van der Waals surface area contributed by atoms with Crippen LogP contribution in [0.5, 0.6) is 0 Å². The number of carbonyl (C=O) groups excluding carboxylic acids is 2. The van der Waals surface area contributed by atoms with Crippen LogP contribution in [0.3, 0.4) is 0 Å². The third-order valence-electron chi connectivity index (χ3n) is 5.39. The van der Waals surface area contributed by atoms with Crippen molar-refractivity contribution in [2.24, 2.45) is 11.8 Å². The SMILES string of the molecule is O=C(O)[C@H]1C[C@H](C(=O)NC2CC2)CN(C(=O)c2n[nH]c3c2CCC3)C1. The molecule has 0 radical (unpaired) electrons. The maximum Gasteiger partial charge on any atom is 0.308 e. The molecule has 0 unspecified atom stereocenters. The normalized spacial score (nSPS) is 25.5. The van der Waals surface area contributed by atoms with Gasteiger partial charge >= 0.3 is 5.97 Å². The number of fused-ring (bicyclic) bond motifs is 1. The van der Waals surface area contributed by atoms with Crippen molar-refractivity contribution in [3.8, 4) is 0 Å². The lowest BCUT2D eigenvalue weighted by atomic mass is 9.88. The van der Waals surface area contributed by atoms with Gasteiger partial charge in [0.15, 0.2) is 5.69 Å². The number of aromatic amines is 1. The predicted molar refractivity (Wildman–Crippen MR) is 86.9 cm³/mol. The zero-order valence-electron chi connectivity index (χ0n) is 14.0. The Kier molecular flexibility index (Phi) is 3.97. The first-order valence-electron chi connectivity index (χ1n) is 8.91. The number of nitrogens with one attached hydrogen (secondary N) is 2. The zero-order valence-corrected chi connectivity index (χ0v) is 14.0. The summed E-state index contributed by atoms with van der Waals surface area (Å²) >= 11 is 0. The number of piperidine rings is 1. The minimum atomic E-state index is -0.964. The molecule has 0 aromatic carbocycles. The number of amides is 2. The van der Waals surface area contributed by atoms with E-state index in [9.17, 15) is 19.5 Å². The molecule has 3 N–H and O–H groups in total. The molecule has 2 aliphatic carbocycles. The van der Waals surface area contributed by atoms with E-state index in [-0.39, 0.29) is 37.4 Å². The van der Waals surface area contributed by atoms with Crippen LogP contribution in [-0.4, -0.2) is 57.1 Å². The van der Waals surface area contributed by atoms with Gasteiger partial charge in [0, 0.05) is 30.4 Å². The lowest BCUT2D eigenvalue weighted by Crippen LogP contribution is -2.50. The van der Waals surface area contributed by atoms with Gasteiger partial charge in [-0.2, -0.15) is 5.10 Å². The van der Waals surface area contributed by atoms with E-state index in [4.69, 9.17) is 0 Å². The summed E-state index contributed by atoms with van der Waals surface area (Å²) in [5.74, 6) is -2.58. The molecule has 2 heterocycles. The van der Waals surface area contributed by atoms with Crippen LogP contribution in [0.2, 0.25) is 0 Å². The highest BCUT2D eigenvalue weighted by molar-refractivity contribution is 5.95. The van der Waals surface area contributed by atoms with Crippen LogP contribution < -0.4 is 5.32 Å². The number of carbonyl (C=O) groups is 3. The molecule has 0 spiro atoms. The number of H-pyrrole nitrogens is 1. The summed E-state index contributed by atoms with van der Waals surface area (Å²) in [6, 6.07) is 0.219. The highest BCUT2D eigenvalue weighted by Gasteiger charge is 2.39. The van der Waals surface area contributed by atoms with Gasteiger partial charge in [0.25, 0.3) is 5.91 Å². The highest BCUT2D eigenvalue weighted by atomic mass is 16.4. The van der Waals surface area contributed by atoms with Gasteiger partial charge in [-0.1, -0.05) is 0 Å². The van der Waals surface area contributed by atoms with Crippen molar-refractivity contribution in [2.45, 2.75) is 44.6 Å². The van der Waals surface area contributed by atoms with E-state index in [1.807, 2.05) is 0 Å². The molecule has 4 rings (SSSR count). The van der Waals surface area contributed by atoms with Gasteiger partial charge in [0.2, 0.25) is 5.91 Å². The fourth-order valence-electron chi connectivity index (χ4n) is 3.83. The van der Waals surface area contributed by atoms with Crippen LogP contribution in [0.4, 0.5) is 0 Å². The van der Waals surface area contributed by atoms with E-state index in [0.717, 1.165) is 43.4 Å². The molecule has 8 nitrogen and oxygen atoms in total. The summed E-state index contributed by atoms with van der Waals surface area (Å²) in [6.07, 6.45) is 4.92. The monoisotopic (exact) mass is 346 g/mol. The molecule has 3 aliphatic rings. The molecule has 1 saturated heterocycles. The van der Waals surface area contributed by atoms with E-state index < -0.39 is 17.8 Å². The fourth-order valence-corrected chi connectivity index (χ4v) is 3.83. The number of carboxylic acid groups (broad SMARTS) is 1. The Labute approximate surface area is 145 Å². The van der Waals surface area contributed by atoms with Crippen LogP contribution >= 0.6 is 0 Å². The third kappa shape index (κ3) is 3.12. The number of carboxylic acids is 1. The maximum absolute atomic E-state index is 12.9. The van der Waals surface area contributed by atoms with E-state index >= 15 is 0 Å². The quantitative estimate of drug-likeness (QED) is 0.727. The molecular weight excluding hydrogens is 324 g/mol. The second kappa shape index (κ2) is 6.16. The standard InChI is InChI=1S/C17H22N4O4/c22-15(18-11-4-5-11)9-6-10(17(24)25)8-21(7-9)16(23)14-12-2-1-3-13(12)19-20-14/h9-11H,1-8H2,(H,18,22)(H,19,20)(H,24,25)/t9-,10-/m0/s1. The molecule has 8 heteroatoms. The van der Waals surface area contributed by atoms with Gasteiger partial charge in [-0.3, -0.25) is 19.5 Å². The van der Waals surface area contributed by atoms with Crippen molar-refractivity contribution >= 4 is 17.8 Å². The summed E-state index contributed by atoms with van der Waals surface area (Å²) < 4.78 is 0. The van der Waals surface area contributed by atoms with Gasteiger partial charge in [-0.05, 0) is 38.5 Å². The van der Waals surface area contributed by atoms with Gasteiger partial charge < -0.3 is 15.3 Å². The second-order valence-electron chi connectivity index (χ2n) is 7.34. The van der Waals surface area contributed by atoms with E-state index in [2.05, 4.69) is 15.5 Å². The second-order valence-corrected chi connectivity index (χ2v) is 7.34. The Bertz CT molecular complexity index is 724. The van der Waals surface area contributed by atoms with Gasteiger partial charge in [-0.15, -0.1) is 0 Å². The molecule has 1 aromatic heterocycles. The van der Waals surface area contributed by atoms with Crippen molar-refractivity contribution in [2.75, 3.05) is 13.1 Å². The first kappa shape index (κ1) is 16.1. The summed E-state index contributed by atoms with van der Waals surface area (Å²) in [5, 5.41) is 19.4. The molecule has 1 saturated carbocycles. The summed E-state index contributed by atoms with van der Waals surface area (Å²) in [7, 11) is 0. The van der Waals surface area contributed by atoms with Crippen LogP contribution in [0, 0.1) is 11.8 Å². The minimum Gasteiger partial charge on any atom is -0.481 e. The fraction of sp³-hybridized carbons (Fsp3) is 0.647. The van der Waals surface area contributed by atoms with Gasteiger partial charge in [0.05, 0.1) is 11.8 Å². The lowest BCUT2D eigenvalue weighted by molar-refractivity contribution is -0.144. The van der Waals surface area contributed by atoms with Crippen LogP contribution in [0.1, 0.15) is 47.4 Å². The minimum absolute atomic E-state index is 0.128. The summed E-state index contributed by atoms with van der Waals surface area (Å²) in [5.41, 5.74) is 2.33. The molecular formula is C17H22N4O4. The Morgan fingerprint density at radius 3 is 2.64 bits per heavy atom. The van der Waals surface area contributed by atoms with Crippen molar-refractivity contribution in [1.82, 2.24) is 20.4 Å². The highest BCUT2D eigenvalue weighted by Crippen LogP contribution is 2.28. The van der Waals surface area contributed by atoms with Crippen LogP contribution in [-0.2, 0) is 22.4 Å². The number of hydrogen-bond donors (Lipinski definition) is 3. The van der Waals surface area contributed by atoms with Crippen LogP contribution in [0.15, 0.2) is 0 Å². The number of aryl methyl sites for hydroxylation is 1. The van der Waals surface area contributed by atoms with Crippen molar-refractivity contribution in [3.63, 3.8) is 0 Å². The molecule has 1 aliphatic heterocycles. The van der Waals surface area contributed by atoms with Crippen LogP contribution in [0.25, 0.3) is 0 Å².